The molecule has 0 aliphatic carbocycles. The third-order valence-electron chi connectivity index (χ3n) is 2.09. The Balaban J connectivity index is 4.26. The molecule has 0 saturated heterocycles. The molecule has 1 N–H and O–H groups in total. The van der Waals surface area contributed by atoms with Crippen LogP contribution in [0.15, 0.2) is 0 Å². The Labute approximate surface area is 124 Å². The summed E-state index contributed by atoms with van der Waals surface area (Å²) < 4.78 is 9.75. The van der Waals surface area contributed by atoms with Crippen molar-refractivity contribution in [1.29, 1.82) is 5.26 Å². The number of methoxy groups -OCH3 is 1. The first kappa shape index (κ1) is 18.6. The molecule has 0 saturated carbocycles. The summed E-state index contributed by atoms with van der Waals surface area (Å²) in [4.78, 5) is 23.2. The van der Waals surface area contributed by atoms with E-state index in [4.69, 9.17) is 10.00 Å². The zero-order valence-electron chi connectivity index (χ0n) is 12.4. The van der Waals surface area contributed by atoms with Gasteiger partial charge in [-0.2, -0.15) is 17.0 Å². The summed E-state index contributed by atoms with van der Waals surface area (Å²) in [5.74, 6) is 0.852. The second-order valence-electron chi connectivity index (χ2n) is 5.03. The van der Waals surface area contributed by atoms with Crippen LogP contribution >= 0.6 is 11.8 Å². The lowest BCUT2D eigenvalue weighted by Gasteiger charge is -2.22. The average Bonchev–Trinajstić information content (AvgIpc) is 2.34. The number of amides is 1. The highest BCUT2D eigenvalue weighted by Gasteiger charge is 2.24. The van der Waals surface area contributed by atoms with E-state index < -0.39 is 23.7 Å². The summed E-state index contributed by atoms with van der Waals surface area (Å²) in [6.45, 7) is 5.24. The highest BCUT2D eigenvalue weighted by atomic mass is 32.2. The quantitative estimate of drug-likeness (QED) is 0.572. The minimum Gasteiger partial charge on any atom is -0.467 e. The van der Waals surface area contributed by atoms with E-state index in [0.29, 0.717) is 24.3 Å². The maximum absolute atomic E-state index is 11.6. The van der Waals surface area contributed by atoms with Crippen molar-refractivity contribution < 1.29 is 19.1 Å². The molecule has 0 aromatic heterocycles. The zero-order chi connectivity index (χ0) is 15.6. The standard InChI is InChI=1S/C13H22N2O4S/c1-13(2,3)19-12(17)15-10(11(16)18-4)6-9-20-8-5-7-14/h10H,5-6,8-9H2,1-4H3,(H,15,17)/t10-/m0/s1. The number of ether oxygens (including phenoxy) is 2. The Morgan fingerprint density at radius 2 is 2.00 bits per heavy atom. The van der Waals surface area contributed by atoms with Crippen molar-refractivity contribution in [2.75, 3.05) is 18.6 Å². The molecule has 0 aromatic rings. The van der Waals surface area contributed by atoms with Crippen LogP contribution in [0.25, 0.3) is 0 Å². The lowest BCUT2D eigenvalue weighted by Crippen LogP contribution is -2.44. The molecule has 7 heteroatoms. The summed E-state index contributed by atoms with van der Waals surface area (Å²) in [5, 5.41) is 10.9. The van der Waals surface area contributed by atoms with Crippen LogP contribution in [0.2, 0.25) is 0 Å². The van der Waals surface area contributed by atoms with E-state index in [1.165, 1.54) is 7.11 Å². The summed E-state index contributed by atoms with van der Waals surface area (Å²) in [5.41, 5.74) is -0.619. The average molecular weight is 302 g/mol. The molecule has 0 fully saturated rings. The normalized spacial score (nSPS) is 12.2. The predicted octanol–water partition coefficient (Wildman–Crippen LogP) is 2.09. The van der Waals surface area contributed by atoms with Crippen molar-refractivity contribution >= 4 is 23.8 Å². The number of nitrogens with one attached hydrogen (secondary N) is 1. The van der Waals surface area contributed by atoms with Gasteiger partial charge < -0.3 is 14.8 Å². The lowest BCUT2D eigenvalue weighted by atomic mass is 10.2. The molecule has 0 spiro atoms. The Bertz CT molecular complexity index is 360. The van der Waals surface area contributed by atoms with Crippen molar-refractivity contribution in [3.63, 3.8) is 0 Å². The summed E-state index contributed by atoms with van der Waals surface area (Å²) in [6.07, 6.45) is 0.254. The molecule has 0 aromatic carbocycles. The van der Waals surface area contributed by atoms with Crippen molar-refractivity contribution in [3.8, 4) is 6.07 Å². The topological polar surface area (TPSA) is 88.4 Å². The van der Waals surface area contributed by atoms with Gasteiger partial charge in [-0.3, -0.25) is 0 Å². The highest BCUT2D eigenvalue weighted by Crippen LogP contribution is 2.10. The van der Waals surface area contributed by atoms with E-state index in [-0.39, 0.29) is 0 Å². The van der Waals surface area contributed by atoms with Crippen LogP contribution in [0, 0.1) is 11.3 Å². The fourth-order valence-corrected chi connectivity index (χ4v) is 2.10. The third kappa shape index (κ3) is 9.50. The maximum atomic E-state index is 11.6. The van der Waals surface area contributed by atoms with E-state index in [1.54, 1.807) is 32.5 Å². The number of thioether (sulfide) groups is 1. The van der Waals surface area contributed by atoms with Gasteiger partial charge in [0.1, 0.15) is 11.6 Å². The zero-order valence-corrected chi connectivity index (χ0v) is 13.2. The number of nitriles is 1. The van der Waals surface area contributed by atoms with E-state index in [2.05, 4.69) is 10.1 Å². The Morgan fingerprint density at radius 1 is 1.35 bits per heavy atom. The summed E-state index contributed by atoms with van der Waals surface area (Å²) in [6, 6.07) is 1.31. The molecule has 0 unspecified atom stereocenters. The first-order chi connectivity index (χ1) is 9.30. The number of rotatable bonds is 7. The molecule has 0 rings (SSSR count). The molecular weight excluding hydrogens is 280 g/mol. The molecule has 0 radical (unpaired) electrons. The van der Waals surface area contributed by atoms with Gasteiger partial charge in [0, 0.05) is 12.2 Å². The van der Waals surface area contributed by atoms with Crippen molar-refractivity contribution in [2.24, 2.45) is 0 Å². The first-order valence-electron chi connectivity index (χ1n) is 6.32. The van der Waals surface area contributed by atoms with Crippen LogP contribution in [0.4, 0.5) is 4.79 Å². The van der Waals surface area contributed by atoms with Gasteiger partial charge in [0.05, 0.1) is 13.2 Å². The lowest BCUT2D eigenvalue weighted by molar-refractivity contribution is -0.143. The first-order valence-corrected chi connectivity index (χ1v) is 7.47. The smallest absolute Gasteiger partial charge is 0.408 e. The van der Waals surface area contributed by atoms with Crippen LogP contribution in [-0.4, -0.2) is 42.3 Å². The molecule has 1 atom stereocenters. The van der Waals surface area contributed by atoms with Crippen LogP contribution < -0.4 is 5.32 Å². The van der Waals surface area contributed by atoms with Crippen molar-refractivity contribution in [2.45, 2.75) is 45.3 Å². The number of hydrogen-bond donors (Lipinski definition) is 1. The Hall–Kier alpha value is -1.42. The van der Waals surface area contributed by atoms with Crippen LogP contribution in [0.1, 0.15) is 33.6 Å². The SMILES string of the molecule is COC(=O)[C@H](CCSCCC#N)NC(=O)OC(C)(C)C. The number of alkyl carbamates (subject to hydrolysis) is 1. The number of carbonyl (C=O) groups excluding carboxylic acids is 2. The molecule has 0 aliphatic rings. The van der Waals surface area contributed by atoms with Gasteiger partial charge in [0.25, 0.3) is 0 Å². The summed E-state index contributed by atoms with van der Waals surface area (Å²) in [7, 11) is 1.27. The van der Waals surface area contributed by atoms with Crippen LogP contribution in [-0.2, 0) is 14.3 Å². The molecule has 0 aliphatic heterocycles. The Kier molecular flexibility index (Phi) is 8.81. The monoisotopic (exact) mass is 302 g/mol. The largest absolute Gasteiger partial charge is 0.467 e. The third-order valence-corrected chi connectivity index (χ3v) is 3.10. The molecule has 0 bridgehead atoms. The van der Waals surface area contributed by atoms with Gasteiger partial charge in [-0.15, -0.1) is 0 Å². The van der Waals surface area contributed by atoms with Gasteiger partial charge in [-0.25, -0.2) is 9.59 Å². The van der Waals surface area contributed by atoms with Crippen molar-refractivity contribution in [1.82, 2.24) is 5.32 Å². The van der Waals surface area contributed by atoms with Crippen molar-refractivity contribution in [3.05, 3.63) is 0 Å². The predicted molar refractivity (Wildman–Crippen MR) is 77.3 cm³/mol. The van der Waals surface area contributed by atoms with Gasteiger partial charge in [-0.05, 0) is 32.9 Å². The van der Waals surface area contributed by atoms with Gasteiger partial charge >= 0.3 is 12.1 Å². The summed E-state index contributed by atoms with van der Waals surface area (Å²) >= 11 is 1.55. The number of esters is 1. The minimum atomic E-state index is -0.732. The number of nitrogens with zero attached hydrogens (tertiary/aromatic N) is 1. The van der Waals surface area contributed by atoms with E-state index in [9.17, 15) is 9.59 Å². The number of carbonyl (C=O) groups is 2. The van der Waals surface area contributed by atoms with Gasteiger partial charge in [0.2, 0.25) is 0 Å². The maximum Gasteiger partial charge on any atom is 0.408 e. The Morgan fingerprint density at radius 3 is 2.50 bits per heavy atom. The second-order valence-corrected chi connectivity index (χ2v) is 6.26. The molecular formula is C13H22N2O4S. The molecule has 0 heterocycles. The molecule has 20 heavy (non-hydrogen) atoms. The van der Waals surface area contributed by atoms with Gasteiger partial charge in [0.15, 0.2) is 0 Å². The van der Waals surface area contributed by atoms with Gasteiger partial charge in [-0.1, -0.05) is 0 Å². The fraction of sp³-hybridized carbons (Fsp3) is 0.769. The van der Waals surface area contributed by atoms with E-state index in [1.807, 2.05) is 6.07 Å². The number of hydrogen-bond acceptors (Lipinski definition) is 6. The second kappa shape index (κ2) is 9.48. The molecule has 6 nitrogen and oxygen atoms in total. The fourth-order valence-electron chi connectivity index (χ4n) is 1.26. The van der Waals surface area contributed by atoms with Crippen LogP contribution in [0.5, 0.6) is 0 Å². The van der Waals surface area contributed by atoms with E-state index in [0.717, 1.165) is 0 Å². The highest BCUT2D eigenvalue weighted by molar-refractivity contribution is 7.99. The molecule has 114 valence electrons. The minimum absolute atomic E-state index is 0.433. The van der Waals surface area contributed by atoms with Crippen LogP contribution in [0.3, 0.4) is 0 Å². The molecule has 1 amide bonds. The van der Waals surface area contributed by atoms with E-state index >= 15 is 0 Å².